The van der Waals surface area contributed by atoms with Gasteiger partial charge in [-0.15, -0.1) is 0 Å². The molecule has 0 spiro atoms. The molecular formula is C30H39N7O4. The predicted octanol–water partition coefficient (Wildman–Crippen LogP) is 4.45. The maximum atomic E-state index is 12.3. The quantitative estimate of drug-likeness (QED) is 0.346. The molecule has 11 nitrogen and oxygen atoms in total. The number of carbonyl (C=O) groups is 2. The molecule has 1 fully saturated rings. The van der Waals surface area contributed by atoms with Gasteiger partial charge in [0.05, 0.1) is 0 Å². The molecule has 0 bridgehead atoms. The molecule has 1 aromatic heterocycles. The lowest BCUT2D eigenvalue weighted by Gasteiger charge is -2.34. The fourth-order valence-corrected chi connectivity index (χ4v) is 4.30. The summed E-state index contributed by atoms with van der Waals surface area (Å²) in [6.07, 6.45) is -0.0278. The second kappa shape index (κ2) is 12.9. The molecule has 4 N–H and O–H groups in total. The Morgan fingerprint density at radius 2 is 1.73 bits per heavy atom. The number of nitrogens with one attached hydrogen (secondary N) is 2. The van der Waals surface area contributed by atoms with Gasteiger partial charge >= 0.3 is 6.09 Å². The number of nitrogens with two attached hydrogens (primary N) is 1. The molecule has 0 radical (unpaired) electrons. The number of aromatic nitrogens is 2. The predicted molar refractivity (Wildman–Crippen MR) is 159 cm³/mol. The molecule has 1 aliphatic rings. The van der Waals surface area contributed by atoms with Crippen LogP contribution in [0.4, 0.5) is 22.0 Å². The number of anilines is 3. The Morgan fingerprint density at radius 3 is 2.37 bits per heavy atom. The minimum atomic E-state index is -0.689. The van der Waals surface area contributed by atoms with Crippen molar-refractivity contribution in [1.29, 1.82) is 0 Å². The molecule has 0 saturated carbocycles. The maximum absolute atomic E-state index is 12.3. The van der Waals surface area contributed by atoms with E-state index < -0.39 is 17.6 Å². The van der Waals surface area contributed by atoms with Gasteiger partial charge in [0.2, 0.25) is 5.88 Å². The fourth-order valence-electron chi connectivity index (χ4n) is 4.30. The van der Waals surface area contributed by atoms with E-state index in [1.165, 1.54) is 0 Å². The first-order chi connectivity index (χ1) is 19.5. The number of primary amides is 1. The van der Waals surface area contributed by atoms with Crippen molar-refractivity contribution in [2.75, 3.05) is 43.4 Å². The van der Waals surface area contributed by atoms with Crippen LogP contribution in [0, 0.1) is 0 Å². The first kappa shape index (κ1) is 29.6. The normalized spacial score (nSPS) is 13.9. The van der Waals surface area contributed by atoms with Gasteiger partial charge in [-0.25, -0.2) is 9.78 Å². The average Bonchev–Trinajstić information content (AvgIpc) is 2.92. The molecule has 0 atom stereocenters. The first-order valence-corrected chi connectivity index (χ1v) is 13.8. The molecule has 4 rings (SSSR count). The Hall–Kier alpha value is -4.38. The number of rotatable bonds is 9. The Balaban J connectivity index is 1.51. The second-order valence-electron chi connectivity index (χ2n) is 11.0. The molecule has 2 amide bonds. The zero-order valence-electron chi connectivity index (χ0n) is 24.4. The SMILES string of the molecule is CCc1nc(C(N)=O)c(Nc2ccc(N3CCN(C)CC3)cc2)nc1Oc1cccc(CNC(=O)OC(C)(C)C)c1. The lowest BCUT2D eigenvalue weighted by atomic mass is 10.2. The van der Waals surface area contributed by atoms with Crippen LogP contribution in [-0.4, -0.2) is 65.7 Å². The van der Waals surface area contributed by atoms with Gasteiger partial charge in [0.25, 0.3) is 5.91 Å². The topological polar surface area (TPSA) is 135 Å². The summed E-state index contributed by atoms with van der Waals surface area (Å²) < 4.78 is 11.4. The Kier molecular flexibility index (Phi) is 9.28. The molecule has 11 heteroatoms. The Morgan fingerprint density at radius 1 is 1.02 bits per heavy atom. The number of ether oxygens (including phenoxy) is 2. The van der Waals surface area contributed by atoms with E-state index in [9.17, 15) is 9.59 Å². The molecule has 1 saturated heterocycles. The summed E-state index contributed by atoms with van der Waals surface area (Å²) in [7, 11) is 2.13. The summed E-state index contributed by atoms with van der Waals surface area (Å²) >= 11 is 0. The van der Waals surface area contributed by atoms with Gasteiger partial charge in [-0.05, 0) is 76.2 Å². The van der Waals surface area contributed by atoms with Crippen LogP contribution in [-0.2, 0) is 17.7 Å². The number of aryl methyl sites for hydroxylation is 1. The van der Waals surface area contributed by atoms with E-state index in [1.807, 2.05) is 64.1 Å². The van der Waals surface area contributed by atoms with Gasteiger partial charge in [0, 0.05) is 44.1 Å². The number of carbonyl (C=O) groups excluding carboxylic acids is 2. The molecular weight excluding hydrogens is 522 g/mol. The number of hydrogen-bond donors (Lipinski definition) is 3. The number of alkyl carbamates (subject to hydrolysis) is 1. The fraction of sp³-hybridized carbons (Fsp3) is 0.400. The van der Waals surface area contributed by atoms with Gasteiger partial charge in [0.15, 0.2) is 11.5 Å². The van der Waals surface area contributed by atoms with Crippen LogP contribution in [0.2, 0.25) is 0 Å². The molecule has 1 aliphatic heterocycles. The summed E-state index contributed by atoms with van der Waals surface area (Å²) in [4.78, 5) is 38.1. The van der Waals surface area contributed by atoms with Gasteiger partial charge in [-0.1, -0.05) is 19.1 Å². The van der Waals surface area contributed by atoms with Crippen molar-refractivity contribution in [2.24, 2.45) is 5.73 Å². The zero-order chi connectivity index (χ0) is 29.6. The van der Waals surface area contributed by atoms with Crippen LogP contribution in [0.3, 0.4) is 0 Å². The van der Waals surface area contributed by atoms with Crippen molar-refractivity contribution in [3.8, 4) is 11.6 Å². The monoisotopic (exact) mass is 561 g/mol. The van der Waals surface area contributed by atoms with E-state index in [0.717, 1.165) is 43.1 Å². The lowest BCUT2D eigenvalue weighted by molar-refractivity contribution is 0.0523. The summed E-state index contributed by atoms with van der Waals surface area (Å²) in [5.74, 6) is 0.281. The third-order valence-corrected chi connectivity index (χ3v) is 6.45. The molecule has 218 valence electrons. The molecule has 41 heavy (non-hydrogen) atoms. The Labute approximate surface area is 241 Å². The smallest absolute Gasteiger partial charge is 0.407 e. The van der Waals surface area contributed by atoms with Crippen molar-refractivity contribution < 1.29 is 19.1 Å². The van der Waals surface area contributed by atoms with Gasteiger partial charge < -0.3 is 35.6 Å². The van der Waals surface area contributed by atoms with E-state index in [1.54, 1.807) is 12.1 Å². The third kappa shape index (κ3) is 8.31. The van der Waals surface area contributed by atoms with E-state index in [-0.39, 0.29) is 23.9 Å². The summed E-state index contributed by atoms with van der Waals surface area (Å²) in [6.45, 7) is 11.6. The molecule has 2 aromatic carbocycles. The number of likely N-dealkylation sites (N-methyl/N-ethyl adjacent to an activating group) is 1. The minimum Gasteiger partial charge on any atom is -0.444 e. The highest BCUT2D eigenvalue weighted by atomic mass is 16.6. The van der Waals surface area contributed by atoms with Crippen LogP contribution in [0.25, 0.3) is 0 Å². The minimum absolute atomic E-state index is 0.0349. The molecule has 0 unspecified atom stereocenters. The van der Waals surface area contributed by atoms with Crippen LogP contribution < -0.4 is 26.0 Å². The van der Waals surface area contributed by atoms with Crippen molar-refractivity contribution in [3.63, 3.8) is 0 Å². The number of benzene rings is 2. The van der Waals surface area contributed by atoms with Crippen molar-refractivity contribution >= 4 is 29.2 Å². The third-order valence-electron chi connectivity index (χ3n) is 6.45. The summed E-state index contributed by atoms with van der Waals surface area (Å²) in [5.41, 5.74) is 8.30. The molecule has 3 aromatic rings. The average molecular weight is 562 g/mol. The Bertz CT molecular complexity index is 1360. The number of hydrogen-bond acceptors (Lipinski definition) is 9. The zero-order valence-corrected chi connectivity index (χ0v) is 24.4. The van der Waals surface area contributed by atoms with Gasteiger partial charge in [-0.3, -0.25) is 4.79 Å². The van der Waals surface area contributed by atoms with Gasteiger partial charge in [-0.2, -0.15) is 4.98 Å². The standard InChI is InChI=1S/C30H39N7O4/c1-6-24-28(40-23-9-7-8-20(18-23)19-32-29(39)41-30(2,3)4)35-27(25(34-24)26(31)38)33-21-10-12-22(13-11-21)37-16-14-36(5)15-17-37/h7-13,18H,6,14-17,19H2,1-5H3,(H2,31,38)(H,32,39)(H,33,35). The molecule has 2 heterocycles. The van der Waals surface area contributed by atoms with Gasteiger partial charge in [0.1, 0.15) is 17.0 Å². The number of amides is 2. The van der Waals surface area contributed by atoms with Crippen molar-refractivity contribution in [1.82, 2.24) is 20.2 Å². The highest BCUT2D eigenvalue weighted by Gasteiger charge is 2.20. The summed E-state index contributed by atoms with van der Waals surface area (Å²) in [5, 5.41) is 5.93. The van der Waals surface area contributed by atoms with Crippen molar-refractivity contribution in [3.05, 3.63) is 65.5 Å². The van der Waals surface area contributed by atoms with Crippen LogP contribution in [0.1, 0.15) is 49.4 Å². The van der Waals surface area contributed by atoms with E-state index in [2.05, 4.69) is 37.4 Å². The van der Waals surface area contributed by atoms with E-state index in [4.69, 9.17) is 15.2 Å². The van der Waals surface area contributed by atoms with Crippen molar-refractivity contribution in [2.45, 2.75) is 46.3 Å². The van der Waals surface area contributed by atoms with E-state index in [0.29, 0.717) is 17.9 Å². The first-order valence-electron chi connectivity index (χ1n) is 13.8. The highest BCUT2D eigenvalue weighted by molar-refractivity contribution is 5.96. The molecule has 0 aliphatic carbocycles. The van der Waals surface area contributed by atoms with E-state index >= 15 is 0 Å². The number of piperazine rings is 1. The van der Waals surface area contributed by atoms with Crippen LogP contribution >= 0.6 is 0 Å². The second-order valence-corrected chi connectivity index (χ2v) is 11.0. The largest absolute Gasteiger partial charge is 0.444 e. The maximum Gasteiger partial charge on any atom is 0.407 e. The van der Waals surface area contributed by atoms with Crippen LogP contribution in [0.5, 0.6) is 11.6 Å². The highest BCUT2D eigenvalue weighted by Crippen LogP contribution is 2.29. The summed E-state index contributed by atoms with van der Waals surface area (Å²) in [6, 6.07) is 15.2. The van der Waals surface area contributed by atoms with Crippen LogP contribution in [0.15, 0.2) is 48.5 Å². The lowest BCUT2D eigenvalue weighted by Crippen LogP contribution is -2.44. The number of nitrogens with zero attached hydrogens (tertiary/aromatic N) is 4.